The van der Waals surface area contributed by atoms with Gasteiger partial charge in [0.1, 0.15) is 0 Å². The molecule has 0 atom stereocenters. The number of hydrogen-bond acceptors (Lipinski definition) is 3. The Morgan fingerprint density at radius 1 is 1.39 bits per heavy atom. The molecule has 2 N–H and O–H groups in total. The SMILES string of the molecule is C=C/C=C(\C=C/C)c1ccc2c(c1)COB2O.CC.CC(=O)O. The molecule has 1 aliphatic rings. The fourth-order valence-corrected chi connectivity index (χ4v) is 1.96. The smallest absolute Gasteiger partial charge is 0.481 e. The molecule has 1 heterocycles. The molecule has 2 rings (SSSR count). The molecular weight excluding hydrogens is 291 g/mol. The van der Waals surface area contributed by atoms with Crippen LogP contribution in [0.5, 0.6) is 0 Å². The fourth-order valence-electron chi connectivity index (χ4n) is 1.96. The summed E-state index contributed by atoms with van der Waals surface area (Å²) in [5.41, 5.74) is 4.13. The van der Waals surface area contributed by atoms with E-state index in [0.29, 0.717) is 6.61 Å². The maximum Gasteiger partial charge on any atom is 0.491 e. The quantitative estimate of drug-likeness (QED) is 0.664. The zero-order valence-electron chi connectivity index (χ0n) is 14.2. The van der Waals surface area contributed by atoms with Crippen LogP contribution in [0.4, 0.5) is 0 Å². The molecule has 1 aromatic carbocycles. The number of benzene rings is 1. The van der Waals surface area contributed by atoms with Crippen LogP contribution in [0.2, 0.25) is 0 Å². The minimum absolute atomic E-state index is 0.474. The average Bonchev–Trinajstić information content (AvgIpc) is 2.89. The van der Waals surface area contributed by atoms with Gasteiger partial charge in [-0.1, -0.05) is 56.9 Å². The van der Waals surface area contributed by atoms with Crippen molar-refractivity contribution < 1.29 is 19.6 Å². The van der Waals surface area contributed by atoms with Gasteiger partial charge in [-0.3, -0.25) is 4.79 Å². The highest BCUT2D eigenvalue weighted by molar-refractivity contribution is 6.61. The molecule has 23 heavy (non-hydrogen) atoms. The molecule has 0 unspecified atom stereocenters. The summed E-state index contributed by atoms with van der Waals surface area (Å²) in [6.07, 6.45) is 7.77. The van der Waals surface area contributed by atoms with Gasteiger partial charge in [0.15, 0.2) is 0 Å². The predicted octanol–water partition coefficient (Wildman–Crippen LogP) is 3.17. The van der Waals surface area contributed by atoms with E-state index in [1.54, 1.807) is 6.08 Å². The Bertz CT molecular complexity index is 572. The number of carboxylic acid groups (broad SMARTS) is 1. The monoisotopic (exact) mass is 316 g/mol. The van der Waals surface area contributed by atoms with E-state index in [1.165, 1.54) is 0 Å². The Morgan fingerprint density at radius 3 is 2.52 bits per heavy atom. The first-order chi connectivity index (χ1) is 11.0. The fraction of sp³-hybridized carbons (Fsp3) is 0.278. The van der Waals surface area contributed by atoms with Crippen molar-refractivity contribution in [3.63, 3.8) is 0 Å². The molecule has 0 aliphatic carbocycles. The zero-order chi connectivity index (χ0) is 17.8. The van der Waals surface area contributed by atoms with E-state index in [-0.39, 0.29) is 0 Å². The summed E-state index contributed by atoms with van der Waals surface area (Å²) >= 11 is 0. The topological polar surface area (TPSA) is 66.8 Å². The normalized spacial score (nSPS) is 12.7. The molecule has 0 aromatic heterocycles. The van der Waals surface area contributed by atoms with Crippen LogP contribution >= 0.6 is 0 Å². The lowest BCUT2D eigenvalue weighted by Gasteiger charge is -2.05. The number of rotatable bonds is 3. The van der Waals surface area contributed by atoms with E-state index in [2.05, 4.69) is 12.6 Å². The Morgan fingerprint density at radius 2 is 2.00 bits per heavy atom. The standard InChI is InChI=1S/C14H15BO2.C2H4O2.C2H6/c1-3-5-11(6-4-2)12-7-8-14-13(9-12)10-17-15(14)16;1-2(3)4;1-2/h3-9,16H,1,10H2,2H3;1H3,(H,3,4);1-2H3/b6-4-,11-5+;;. The number of fused-ring (bicyclic) bond motifs is 1. The first kappa shape index (κ1) is 20.9. The molecule has 0 amide bonds. The first-order valence-electron chi connectivity index (χ1n) is 7.57. The van der Waals surface area contributed by atoms with E-state index in [0.717, 1.165) is 29.1 Å². The van der Waals surface area contributed by atoms with Crippen LogP contribution in [0.1, 0.15) is 38.8 Å². The van der Waals surface area contributed by atoms with Gasteiger partial charge in [0.25, 0.3) is 5.97 Å². The minimum Gasteiger partial charge on any atom is -0.481 e. The summed E-state index contributed by atoms with van der Waals surface area (Å²) in [6, 6.07) is 5.97. The van der Waals surface area contributed by atoms with Crippen LogP contribution in [-0.2, 0) is 16.1 Å². The third-order valence-electron chi connectivity index (χ3n) is 2.78. The molecule has 0 saturated heterocycles. The van der Waals surface area contributed by atoms with Gasteiger partial charge in [0, 0.05) is 6.92 Å². The van der Waals surface area contributed by atoms with Crippen LogP contribution < -0.4 is 5.46 Å². The molecule has 5 heteroatoms. The van der Waals surface area contributed by atoms with Gasteiger partial charge in [0.2, 0.25) is 0 Å². The van der Waals surface area contributed by atoms with E-state index < -0.39 is 13.1 Å². The molecule has 0 spiro atoms. The molecule has 124 valence electrons. The minimum atomic E-state index is -0.833. The lowest BCUT2D eigenvalue weighted by molar-refractivity contribution is -0.134. The highest BCUT2D eigenvalue weighted by Crippen LogP contribution is 2.19. The maximum absolute atomic E-state index is 9.55. The van der Waals surface area contributed by atoms with Crippen molar-refractivity contribution in [2.24, 2.45) is 0 Å². The molecule has 0 radical (unpaired) electrons. The molecular formula is C18H25BO4. The van der Waals surface area contributed by atoms with E-state index >= 15 is 0 Å². The highest BCUT2D eigenvalue weighted by atomic mass is 16.5. The van der Waals surface area contributed by atoms with Gasteiger partial charge in [0.05, 0.1) is 6.61 Å². The summed E-state index contributed by atoms with van der Waals surface area (Å²) in [6.45, 7) is 11.3. The molecule has 0 saturated carbocycles. The summed E-state index contributed by atoms with van der Waals surface area (Å²) in [5, 5.41) is 17.0. The van der Waals surface area contributed by atoms with Gasteiger partial charge in [-0.2, -0.15) is 0 Å². The lowest BCUT2D eigenvalue weighted by atomic mass is 9.79. The lowest BCUT2D eigenvalue weighted by Crippen LogP contribution is -2.27. The van der Waals surface area contributed by atoms with Crippen LogP contribution in [0.25, 0.3) is 5.57 Å². The van der Waals surface area contributed by atoms with Crippen molar-refractivity contribution in [3.8, 4) is 0 Å². The molecule has 1 aromatic rings. The zero-order valence-corrected chi connectivity index (χ0v) is 14.2. The van der Waals surface area contributed by atoms with Crippen LogP contribution in [0.3, 0.4) is 0 Å². The number of aliphatic carboxylic acids is 1. The van der Waals surface area contributed by atoms with E-state index in [4.69, 9.17) is 14.6 Å². The first-order valence-corrected chi connectivity index (χ1v) is 7.57. The van der Waals surface area contributed by atoms with Crippen molar-refractivity contribution in [2.45, 2.75) is 34.3 Å². The second-order valence-electron chi connectivity index (χ2n) is 4.45. The number of hydrogen-bond donors (Lipinski definition) is 2. The van der Waals surface area contributed by atoms with E-state index in [9.17, 15) is 5.02 Å². The van der Waals surface area contributed by atoms with Crippen molar-refractivity contribution in [1.82, 2.24) is 0 Å². The third-order valence-corrected chi connectivity index (χ3v) is 2.78. The summed E-state index contributed by atoms with van der Waals surface area (Å²) in [4.78, 5) is 9.00. The molecule has 0 bridgehead atoms. The van der Waals surface area contributed by atoms with Crippen LogP contribution in [0.15, 0.2) is 49.1 Å². The largest absolute Gasteiger partial charge is 0.491 e. The van der Waals surface area contributed by atoms with Gasteiger partial charge in [-0.15, -0.1) is 0 Å². The Labute approximate surface area is 139 Å². The molecule has 0 fully saturated rings. The predicted molar refractivity (Wildman–Crippen MR) is 96.5 cm³/mol. The second kappa shape index (κ2) is 11.5. The second-order valence-corrected chi connectivity index (χ2v) is 4.45. The van der Waals surface area contributed by atoms with Gasteiger partial charge < -0.3 is 14.8 Å². The van der Waals surface area contributed by atoms with Crippen molar-refractivity contribution in [2.75, 3.05) is 0 Å². The van der Waals surface area contributed by atoms with Gasteiger partial charge >= 0.3 is 7.12 Å². The number of allylic oxidation sites excluding steroid dienone is 5. The van der Waals surface area contributed by atoms with Crippen LogP contribution in [-0.4, -0.2) is 23.2 Å². The Kier molecular flexibility index (Phi) is 10.4. The average molecular weight is 316 g/mol. The maximum atomic E-state index is 9.55. The third kappa shape index (κ3) is 7.13. The summed E-state index contributed by atoms with van der Waals surface area (Å²) in [5.74, 6) is -0.833. The Hall–Kier alpha value is -2.11. The molecule has 1 aliphatic heterocycles. The number of carbonyl (C=O) groups is 1. The van der Waals surface area contributed by atoms with Gasteiger partial charge in [-0.05, 0) is 35.2 Å². The highest BCUT2D eigenvalue weighted by Gasteiger charge is 2.26. The Balaban J connectivity index is 0.000000705. The van der Waals surface area contributed by atoms with Crippen LogP contribution in [0, 0.1) is 0 Å². The summed E-state index contributed by atoms with van der Waals surface area (Å²) in [7, 11) is -0.771. The van der Waals surface area contributed by atoms with Crippen molar-refractivity contribution in [3.05, 3.63) is 60.2 Å². The molecule has 4 nitrogen and oxygen atoms in total. The van der Waals surface area contributed by atoms with E-state index in [1.807, 2.05) is 51.1 Å². The van der Waals surface area contributed by atoms with Gasteiger partial charge in [-0.25, -0.2) is 0 Å². The summed E-state index contributed by atoms with van der Waals surface area (Å²) < 4.78 is 5.18. The van der Waals surface area contributed by atoms with Crippen molar-refractivity contribution >= 4 is 24.1 Å². The van der Waals surface area contributed by atoms with Crippen molar-refractivity contribution in [1.29, 1.82) is 0 Å². The number of carboxylic acids is 1.